The van der Waals surface area contributed by atoms with Gasteiger partial charge in [0, 0.05) is 17.4 Å². The van der Waals surface area contributed by atoms with Gasteiger partial charge in [-0.1, -0.05) is 12.1 Å². The number of nitrogen functional groups attached to an aromatic ring is 1. The van der Waals surface area contributed by atoms with Crippen molar-refractivity contribution in [1.29, 1.82) is 0 Å². The molecule has 0 heterocycles. The summed E-state index contributed by atoms with van der Waals surface area (Å²) in [5, 5.41) is 2.86. The van der Waals surface area contributed by atoms with Gasteiger partial charge in [-0.05, 0) is 54.7 Å². The number of carbonyl (C=O) groups is 1. The van der Waals surface area contributed by atoms with Gasteiger partial charge in [0.15, 0.2) is 6.61 Å². The molecule has 0 aromatic heterocycles. The Labute approximate surface area is 123 Å². The number of carbonyl (C=O) groups excluding carboxylic acids is 1. The molecule has 21 heavy (non-hydrogen) atoms. The summed E-state index contributed by atoms with van der Waals surface area (Å²) in [6.45, 7) is -0.0272. The highest BCUT2D eigenvalue weighted by molar-refractivity contribution is 5.92. The van der Waals surface area contributed by atoms with Crippen LogP contribution in [0.3, 0.4) is 0 Å². The molecular formula is C17H18N2O2. The molecule has 0 fully saturated rings. The molecule has 0 saturated heterocycles. The molecule has 1 aliphatic rings. The Morgan fingerprint density at radius 2 is 2.00 bits per heavy atom. The van der Waals surface area contributed by atoms with Gasteiger partial charge in [-0.15, -0.1) is 0 Å². The van der Waals surface area contributed by atoms with E-state index in [9.17, 15) is 4.79 Å². The highest BCUT2D eigenvalue weighted by atomic mass is 16.5. The fourth-order valence-electron chi connectivity index (χ4n) is 2.60. The number of nitrogens with two attached hydrogens (primary N) is 1. The fraction of sp³-hybridized carbons (Fsp3) is 0.235. The maximum atomic E-state index is 11.9. The van der Waals surface area contributed by atoms with Crippen molar-refractivity contribution >= 4 is 17.3 Å². The number of ether oxygens (including phenoxy) is 1. The third-order valence-corrected chi connectivity index (χ3v) is 3.61. The summed E-state index contributed by atoms with van der Waals surface area (Å²) in [5.74, 6) is 0.425. The zero-order valence-electron chi connectivity index (χ0n) is 11.8. The number of aryl methyl sites for hydroxylation is 2. The van der Waals surface area contributed by atoms with E-state index in [1.54, 1.807) is 24.3 Å². The molecule has 0 atom stereocenters. The van der Waals surface area contributed by atoms with E-state index < -0.39 is 0 Å². The maximum Gasteiger partial charge on any atom is 0.262 e. The molecule has 1 amide bonds. The zero-order valence-corrected chi connectivity index (χ0v) is 11.8. The van der Waals surface area contributed by atoms with Crippen molar-refractivity contribution in [2.24, 2.45) is 0 Å². The van der Waals surface area contributed by atoms with Crippen LogP contribution in [0.25, 0.3) is 0 Å². The number of benzene rings is 2. The molecular weight excluding hydrogens is 264 g/mol. The summed E-state index contributed by atoms with van der Waals surface area (Å²) in [4.78, 5) is 11.9. The summed E-state index contributed by atoms with van der Waals surface area (Å²) in [5.41, 5.74) is 9.84. The number of hydrogen-bond donors (Lipinski definition) is 2. The van der Waals surface area contributed by atoms with Gasteiger partial charge in [0.1, 0.15) is 5.75 Å². The lowest BCUT2D eigenvalue weighted by Crippen LogP contribution is -2.20. The molecule has 0 radical (unpaired) electrons. The molecule has 0 aliphatic heterocycles. The molecule has 108 valence electrons. The smallest absolute Gasteiger partial charge is 0.262 e. The van der Waals surface area contributed by atoms with Gasteiger partial charge in [-0.2, -0.15) is 0 Å². The number of hydrogen-bond acceptors (Lipinski definition) is 3. The van der Waals surface area contributed by atoms with Crippen LogP contribution in [0.5, 0.6) is 5.75 Å². The standard InChI is InChI=1S/C17H18N2O2/c18-14-5-2-6-16(10-14)21-11-17(20)19-15-8-7-12-3-1-4-13(12)9-15/h2,5-10H,1,3-4,11,18H2,(H,19,20). The third kappa shape index (κ3) is 3.34. The topological polar surface area (TPSA) is 64.3 Å². The van der Waals surface area contributed by atoms with Crippen LogP contribution in [-0.2, 0) is 17.6 Å². The third-order valence-electron chi connectivity index (χ3n) is 3.61. The normalized spacial score (nSPS) is 12.8. The van der Waals surface area contributed by atoms with Crippen LogP contribution in [0, 0.1) is 0 Å². The van der Waals surface area contributed by atoms with Crippen molar-refractivity contribution in [2.75, 3.05) is 17.7 Å². The molecule has 4 nitrogen and oxygen atoms in total. The summed E-state index contributed by atoms with van der Waals surface area (Å²) >= 11 is 0. The Morgan fingerprint density at radius 1 is 1.14 bits per heavy atom. The zero-order chi connectivity index (χ0) is 14.7. The van der Waals surface area contributed by atoms with Crippen molar-refractivity contribution < 1.29 is 9.53 Å². The van der Waals surface area contributed by atoms with E-state index in [2.05, 4.69) is 17.4 Å². The number of amides is 1. The monoisotopic (exact) mass is 282 g/mol. The first-order valence-corrected chi connectivity index (χ1v) is 7.11. The summed E-state index contributed by atoms with van der Waals surface area (Å²) in [7, 11) is 0. The number of nitrogens with one attached hydrogen (secondary N) is 1. The Balaban J connectivity index is 1.57. The van der Waals surface area contributed by atoms with Gasteiger partial charge in [0.2, 0.25) is 0 Å². The molecule has 0 spiro atoms. The predicted molar refractivity (Wildman–Crippen MR) is 83.4 cm³/mol. The Morgan fingerprint density at radius 3 is 2.86 bits per heavy atom. The largest absolute Gasteiger partial charge is 0.484 e. The quantitative estimate of drug-likeness (QED) is 0.847. The van der Waals surface area contributed by atoms with E-state index in [-0.39, 0.29) is 12.5 Å². The first-order chi connectivity index (χ1) is 10.2. The van der Waals surface area contributed by atoms with E-state index in [0.717, 1.165) is 18.5 Å². The van der Waals surface area contributed by atoms with Gasteiger partial charge >= 0.3 is 0 Å². The van der Waals surface area contributed by atoms with Gasteiger partial charge in [0.25, 0.3) is 5.91 Å². The SMILES string of the molecule is Nc1cccc(OCC(=O)Nc2ccc3c(c2)CCC3)c1. The first kappa shape index (κ1) is 13.5. The predicted octanol–water partition coefficient (Wildman–Crippen LogP) is 2.78. The lowest BCUT2D eigenvalue weighted by atomic mass is 10.1. The van der Waals surface area contributed by atoms with Crippen molar-refractivity contribution in [1.82, 2.24) is 0 Å². The van der Waals surface area contributed by atoms with E-state index in [1.807, 2.05) is 6.07 Å². The molecule has 0 unspecified atom stereocenters. The highest BCUT2D eigenvalue weighted by Crippen LogP contribution is 2.24. The Bertz CT molecular complexity index is 668. The van der Waals surface area contributed by atoms with E-state index in [4.69, 9.17) is 10.5 Å². The van der Waals surface area contributed by atoms with Crippen molar-refractivity contribution in [3.05, 3.63) is 53.6 Å². The van der Waals surface area contributed by atoms with E-state index >= 15 is 0 Å². The summed E-state index contributed by atoms with van der Waals surface area (Å²) in [6.07, 6.45) is 3.44. The van der Waals surface area contributed by atoms with Gasteiger partial charge in [-0.25, -0.2) is 0 Å². The van der Waals surface area contributed by atoms with Crippen LogP contribution in [0.1, 0.15) is 17.5 Å². The van der Waals surface area contributed by atoms with E-state index in [0.29, 0.717) is 11.4 Å². The van der Waals surface area contributed by atoms with Gasteiger partial charge < -0.3 is 15.8 Å². The number of fused-ring (bicyclic) bond motifs is 1. The second-order valence-electron chi connectivity index (χ2n) is 5.25. The highest BCUT2D eigenvalue weighted by Gasteiger charge is 2.12. The average Bonchev–Trinajstić information content (AvgIpc) is 2.93. The van der Waals surface area contributed by atoms with Crippen molar-refractivity contribution in [3.63, 3.8) is 0 Å². The summed E-state index contributed by atoms with van der Waals surface area (Å²) < 4.78 is 5.42. The summed E-state index contributed by atoms with van der Waals surface area (Å²) in [6, 6.07) is 13.1. The number of anilines is 2. The van der Waals surface area contributed by atoms with Crippen LogP contribution in [0.2, 0.25) is 0 Å². The maximum absolute atomic E-state index is 11.9. The Hall–Kier alpha value is -2.49. The Kier molecular flexibility index (Phi) is 3.77. The van der Waals surface area contributed by atoms with Crippen molar-refractivity contribution in [2.45, 2.75) is 19.3 Å². The van der Waals surface area contributed by atoms with Crippen LogP contribution in [0.15, 0.2) is 42.5 Å². The molecule has 2 aromatic rings. The molecule has 0 saturated carbocycles. The molecule has 2 aromatic carbocycles. The minimum atomic E-state index is -0.171. The van der Waals surface area contributed by atoms with E-state index in [1.165, 1.54) is 17.5 Å². The average molecular weight is 282 g/mol. The van der Waals surface area contributed by atoms with Crippen LogP contribution >= 0.6 is 0 Å². The molecule has 4 heteroatoms. The number of rotatable bonds is 4. The van der Waals surface area contributed by atoms with Crippen molar-refractivity contribution in [3.8, 4) is 5.75 Å². The first-order valence-electron chi connectivity index (χ1n) is 7.11. The van der Waals surface area contributed by atoms with Crippen LogP contribution in [0.4, 0.5) is 11.4 Å². The van der Waals surface area contributed by atoms with Gasteiger partial charge in [-0.3, -0.25) is 4.79 Å². The minimum Gasteiger partial charge on any atom is -0.484 e. The minimum absolute atomic E-state index is 0.0272. The molecule has 0 bridgehead atoms. The molecule has 1 aliphatic carbocycles. The second-order valence-corrected chi connectivity index (χ2v) is 5.25. The lowest BCUT2D eigenvalue weighted by Gasteiger charge is -2.09. The van der Waals surface area contributed by atoms with Crippen LogP contribution in [-0.4, -0.2) is 12.5 Å². The van der Waals surface area contributed by atoms with Crippen LogP contribution < -0.4 is 15.8 Å². The second kappa shape index (κ2) is 5.87. The van der Waals surface area contributed by atoms with Gasteiger partial charge in [0.05, 0.1) is 0 Å². The lowest BCUT2D eigenvalue weighted by molar-refractivity contribution is -0.118. The fourth-order valence-corrected chi connectivity index (χ4v) is 2.60. The molecule has 3 N–H and O–H groups in total. The molecule has 3 rings (SSSR count).